The molecule has 1 heterocycles. The summed E-state index contributed by atoms with van der Waals surface area (Å²) in [4.78, 5) is 13.6. The summed E-state index contributed by atoms with van der Waals surface area (Å²) in [7, 11) is 4.15. The quantitative estimate of drug-likeness (QED) is 0.827. The SMILES string of the molecule is CC(C(=O)O)c1ccc2c(c1)C(SCCN(C)C)c1ccccc1CO2. The Hall–Kier alpha value is -1.98. The summed E-state index contributed by atoms with van der Waals surface area (Å²) in [5, 5.41) is 9.52. The van der Waals surface area contributed by atoms with Crippen LogP contribution in [0.1, 0.15) is 40.3 Å². The fraction of sp³-hybridized carbons (Fsp3) is 0.381. The van der Waals surface area contributed by atoms with Gasteiger partial charge in [-0.3, -0.25) is 4.79 Å². The lowest BCUT2D eigenvalue weighted by molar-refractivity contribution is -0.138. The molecule has 5 heteroatoms. The Kier molecular flexibility index (Phi) is 5.89. The van der Waals surface area contributed by atoms with E-state index in [-0.39, 0.29) is 5.25 Å². The number of nitrogens with zero attached hydrogens (tertiary/aromatic N) is 1. The van der Waals surface area contributed by atoms with Crippen molar-refractivity contribution < 1.29 is 14.6 Å². The van der Waals surface area contributed by atoms with Crippen LogP contribution in [0.3, 0.4) is 0 Å². The van der Waals surface area contributed by atoms with Crippen LogP contribution in [-0.4, -0.2) is 42.4 Å². The molecular weight excluding hydrogens is 346 g/mol. The predicted octanol–water partition coefficient (Wildman–Crippen LogP) is 4.15. The lowest BCUT2D eigenvalue weighted by Crippen LogP contribution is -2.16. The zero-order valence-corrected chi connectivity index (χ0v) is 16.3. The molecule has 0 spiro atoms. The molecule has 2 atom stereocenters. The average molecular weight is 372 g/mol. The number of benzene rings is 2. The number of thioether (sulfide) groups is 1. The molecule has 138 valence electrons. The van der Waals surface area contributed by atoms with Crippen molar-refractivity contribution in [1.29, 1.82) is 0 Å². The smallest absolute Gasteiger partial charge is 0.310 e. The van der Waals surface area contributed by atoms with E-state index in [4.69, 9.17) is 4.74 Å². The summed E-state index contributed by atoms with van der Waals surface area (Å²) in [5.41, 5.74) is 4.34. The topological polar surface area (TPSA) is 49.8 Å². The largest absolute Gasteiger partial charge is 0.489 e. The van der Waals surface area contributed by atoms with Crippen molar-refractivity contribution in [1.82, 2.24) is 4.90 Å². The fourth-order valence-corrected chi connectivity index (χ4v) is 4.57. The minimum absolute atomic E-state index is 0.143. The van der Waals surface area contributed by atoms with E-state index in [2.05, 4.69) is 37.2 Å². The number of hydrogen-bond acceptors (Lipinski definition) is 4. The highest BCUT2D eigenvalue weighted by atomic mass is 32.2. The Bertz CT molecular complexity index is 791. The Morgan fingerprint density at radius 1 is 1.27 bits per heavy atom. The molecular formula is C21H25NO3S. The van der Waals surface area contributed by atoms with Gasteiger partial charge in [0.25, 0.3) is 0 Å². The van der Waals surface area contributed by atoms with Gasteiger partial charge in [-0.15, -0.1) is 11.8 Å². The van der Waals surface area contributed by atoms with Crippen molar-refractivity contribution in [2.24, 2.45) is 0 Å². The third-order valence-corrected chi connectivity index (χ3v) is 5.99. The number of ether oxygens (including phenoxy) is 1. The van der Waals surface area contributed by atoms with Crippen LogP contribution < -0.4 is 4.74 Å². The van der Waals surface area contributed by atoms with E-state index < -0.39 is 11.9 Å². The first-order valence-corrected chi connectivity index (χ1v) is 9.86. The molecule has 0 radical (unpaired) electrons. The van der Waals surface area contributed by atoms with Crippen LogP contribution in [0.15, 0.2) is 42.5 Å². The summed E-state index contributed by atoms with van der Waals surface area (Å²) in [6, 6.07) is 14.2. The third kappa shape index (κ3) is 4.05. The molecule has 0 saturated carbocycles. The molecule has 2 aromatic carbocycles. The number of carboxylic acids is 1. The second-order valence-electron chi connectivity index (χ2n) is 6.90. The molecule has 0 bridgehead atoms. The lowest BCUT2D eigenvalue weighted by Gasteiger charge is -2.21. The highest BCUT2D eigenvalue weighted by molar-refractivity contribution is 7.99. The van der Waals surface area contributed by atoms with Crippen LogP contribution >= 0.6 is 11.8 Å². The molecule has 0 saturated heterocycles. The predicted molar refractivity (Wildman–Crippen MR) is 106 cm³/mol. The Labute approximate surface area is 159 Å². The molecule has 1 N–H and O–H groups in total. The number of aliphatic carboxylic acids is 1. The second kappa shape index (κ2) is 8.14. The maximum atomic E-state index is 11.4. The van der Waals surface area contributed by atoms with Gasteiger partial charge in [-0.1, -0.05) is 30.3 Å². The molecule has 0 amide bonds. The van der Waals surface area contributed by atoms with Crippen molar-refractivity contribution in [2.75, 3.05) is 26.4 Å². The molecule has 2 aromatic rings. The van der Waals surface area contributed by atoms with E-state index in [1.807, 2.05) is 36.0 Å². The van der Waals surface area contributed by atoms with E-state index in [1.54, 1.807) is 6.92 Å². The zero-order chi connectivity index (χ0) is 18.7. The molecule has 4 nitrogen and oxygen atoms in total. The highest BCUT2D eigenvalue weighted by Crippen LogP contribution is 2.45. The summed E-state index contributed by atoms with van der Waals surface area (Å²) < 4.78 is 6.06. The normalized spacial score (nSPS) is 17.0. The minimum Gasteiger partial charge on any atom is -0.489 e. The van der Waals surface area contributed by atoms with E-state index >= 15 is 0 Å². The van der Waals surface area contributed by atoms with Crippen LogP contribution in [-0.2, 0) is 11.4 Å². The number of carboxylic acid groups (broad SMARTS) is 1. The zero-order valence-electron chi connectivity index (χ0n) is 15.4. The van der Waals surface area contributed by atoms with Gasteiger partial charge in [0, 0.05) is 17.9 Å². The van der Waals surface area contributed by atoms with Crippen molar-refractivity contribution in [3.8, 4) is 5.75 Å². The van der Waals surface area contributed by atoms with Gasteiger partial charge < -0.3 is 14.7 Å². The number of rotatable bonds is 6. The fourth-order valence-electron chi connectivity index (χ4n) is 3.09. The highest BCUT2D eigenvalue weighted by Gasteiger charge is 2.26. The van der Waals surface area contributed by atoms with Crippen molar-refractivity contribution in [3.05, 3.63) is 64.7 Å². The van der Waals surface area contributed by atoms with Crippen molar-refractivity contribution >= 4 is 17.7 Å². The van der Waals surface area contributed by atoms with E-state index in [9.17, 15) is 9.90 Å². The maximum absolute atomic E-state index is 11.4. The van der Waals surface area contributed by atoms with Gasteiger partial charge in [-0.2, -0.15) is 0 Å². The number of carbonyl (C=O) groups is 1. The van der Waals surface area contributed by atoms with Crippen LogP contribution in [0.5, 0.6) is 5.75 Å². The summed E-state index contributed by atoms with van der Waals surface area (Å²) >= 11 is 1.88. The van der Waals surface area contributed by atoms with Gasteiger partial charge in [0.1, 0.15) is 12.4 Å². The summed E-state index contributed by atoms with van der Waals surface area (Å²) in [6.07, 6.45) is 0. The monoisotopic (exact) mass is 371 g/mol. The van der Waals surface area contributed by atoms with Crippen LogP contribution in [0.4, 0.5) is 0 Å². The molecule has 0 aromatic heterocycles. The summed E-state index contributed by atoms with van der Waals surface area (Å²) in [6.45, 7) is 3.26. The molecule has 26 heavy (non-hydrogen) atoms. The Morgan fingerprint density at radius 3 is 2.77 bits per heavy atom. The Morgan fingerprint density at radius 2 is 2.04 bits per heavy atom. The maximum Gasteiger partial charge on any atom is 0.310 e. The number of fused-ring (bicyclic) bond motifs is 2. The van der Waals surface area contributed by atoms with Gasteiger partial charge in [0.15, 0.2) is 0 Å². The molecule has 0 aliphatic carbocycles. The Balaban J connectivity index is 2.02. The lowest BCUT2D eigenvalue weighted by atomic mass is 9.94. The second-order valence-corrected chi connectivity index (χ2v) is 8.11. The van der Waals surface area contributed by atoms with Gasteiger partial charge in [-0.05, 0) is 49.8 Å². The van der Waals surface area contributed by atoms with Gasteiger partial charge in [0.2, 0.25) is 0 Å². The minimum atomic E-state index is -0.809. The van der Waals surface area contributed by atoms with E-state index in [0.29, 0.717) is 6.61 Å². The number of hydrogen-bond donors (Lipinski definition) is 1. The molecule has 1 aliphatic heterocycles. The molecule has 2 unspecified atom stereocenters. The van der Waals surface area contributed by atoms with Crippen LogP contribution in [0, 0.1) is 0 Å². The van der Waals surface area contributed by atoms with E-state index in [0.717, 1.165) is 29.2 Å². The van der Waals surface area contributed by atoms with Gasteiger partial charge in [0.05, 0.1) is 11.2 Å². The van der Waals surface area contributed by atoms with Crippen molar-refractivity contribution in [2.45, 2.75) is 24.7 Å². The molecule has 3 rings (SSSR count). The first-order chi connectivity index (χ1) is 12.5. The molecule has 1 aliphatic rings. The molecule has 0 fully saturated rings. The first-order valence-electron chi connectivity index (χ1n) is 8.81. The van der Waals surface area contributed by atoms with Gasteiger partial charge >= 0.3 is 5.97 Å². The van der Waals surface area contributed by atoms with Crippen LogP contribution in [0.25, 0.3) is 0 Å². The summed E-state index contributed by atoms with van der Waals surface area (Å²) in [5.74, 6) is 0.497. The van der Waals surface area contributed by atoms with Gasteiger partial charge in [-0.25, -0.2) is 0 Å². The average Bonchev–Trinajstić information content (AvgIpc) is 2.78. The van der Waals surface area contributed by atoms with E-state index in [1.165, 1.54) is 11.1 Å². The first kappa shape index (κ1) is 18.8. The van der Waals surface area contributed by atoms with Crippen LogP contribution in [0.2, 0.25) is 0 Å². The third-order valence-electron chi connectivity index (χ3n) is 4.73. The standard InChI is InChI=1S/C21H25NO3S/c1-14(21(23)24)15-8-9-19-18(12-15)20(26-11-10-22(2)3)17-7-5-4-6-16(17)13-25-19/h4-9,12,14,20H,10-11,13H2,1-3H3,(H,23,24). The van der Waals surface area contributed by atoms with Crippen molar-refractivity contribution in [3.63, 3.8) is 0 Å².